The first-order valence-electron chi connectivity index (χ1n) is 6.76. The smallest absolute Gasteiger partial charge is 0.308 e. The van der Waals surface area contributed by atoms with Gasteiger partial charge in [-0.2, -0.15) is 0 Å². The van der Waals surface area contributed by atoms with Crippen molar-refractivity contribution < 1.29 is 19.7 Å². The zero-order chi connectivity index (χ0) is 13.8. The van der Waals surface area contributed by atoms with Gasteiger partial charge in [-0.3, -0.25) is 4.79 Å². The molecule has 0 heterocycles. The molecule has 0 aliphatic heterocycles. The lowest BCUT2D eigenvalue weighted by atomic mass is 10.1. The average molecular weight is 258 g/mol. The number of allylic oxidation sites excluding steroid dienone is 1. The van der Waals surface area contributed by atoms with E-state index in [1.807, 2.05) is 19.1 Å². The second kappa shape index (κ2) is 11.2. The third-order valence-electron chi connectivity index (χ3n) is 2.66. The number of hydrogen-bond donors (Lipinski definition) is 2. The molecule has 106 valence electrons. The number of rotatable bonds is 10. The predicted molar refractivity (Wildman–Crippen MR) is 71.2 cm³/mol. The summed E-state index contributed by atoms with van der Waals surface area (Å²) < 4.78 is 4.75. The average Bonchev–Trinajstić information content (AvgIpc) is 2.33. The third-order valence-corrected chi connectivity index (χ3v) is 2.66. The van der Waals surface area contributed by atoms with Crippen LogP contribution in [-0.4, -0.2) is 35.0 Å². The van der Waals surface area contributed by atoms with E-state index in [1.54, 1.807) is 6.92 Å². The summed E-state index contributed by atoms with van der Waals surface area (Å²) >= 11 is 0. The second-order valence-corrected chi connectivity index (χ2v) is 4.36. The van der Waals surface area contributed by atoms with Gasteiger partial charge in [-0.1, -0.05) is 19.1 Å². The normalized spacial score (nSPS) is 14.7. The summed E-state index contributed by atoms with van der Waals surface area (Å²) in [5.74, 6) is -0.357. The summed E-state index contributed by atoms with van der Waals surface area (Å²) in [7, 11) is 0. The number of unbranched alkanes of at least 4 members (excludes halogenated alkanes) is 1. The molecule has 0 amide bonds. The molecule has 0 aromatic carbocycles. The van der Waals surface area contributed by atoms with E-state index in [1.165, 1.54) is 0 Å². The molecule has 4 nitrogen and oxygen atoms in total. The molecular formula is C14H26O4. The minimum Gasteiger partial charge on any atom is -0.466 e. The van der Waals surface area contributed by atoms with E-state index < -0.39 is 6.10 Å². The molecule has 2 N–H and O–H groups in total. The lowest BCUT2D eigenvalue weighted by molar-refractivity contribution is -0.145. The predicted octanol–water partition coefficient (Wildman–Crippen LogP) is 2.19. The molecule has 0 aliphatic rings. The zero-order valence-corrected chi connectivity index (χ0v) is 11.5. The number of aliphatic hydroxyl groups is 2. The minimum absolute atomic E-state index is 0.0483. The molecule has 4 heteroatoms. The maximum absolute atomic E-state index is 11.1. The Morgan fingerprint density at radius 2 is 1.94 bits per heavy atom. The molecular weight excluding hydrogens is 232 g/mol. The first-order chi connectivity index (χ1) is 8.60. The Bertz CT molecular complexity index is 238. The largest absolute Gasteiger partial charge is 0.466 e. The van der Waals surface area contributed by atoms with Gasteiger partial charge in [0.15, 0.2) is 0 Å². The van der Waals surface area contributed by atoms with E-state index in [0.29, 0.717) is 13.0 Å². The van der Waals surface area contributed by atoms with E-state index in [0.717, 1.165) is 25.7 Å². The third kappa shape index (κ3) is 10.3. The van der Waals surface area contributed by atoms with Gasteiger partial charge in [-0.25, -0.2) is 0 Å². The van der Waals surface area contributed by atoms with Gasteiger partial charge in [0.2, 0.25) is 0 Å². The highest BCUT2D eigenvalue weighted by molar-refractivity contribution is 5.69. The van der Waals surface area contributed by atoms with E-state index in [9.17, 15) is 15.0 Å². The number of carbonyl (C=O) groups is 1. The summed E-state index contributed by atoms with van der Waals surface area (Å²) in [4.78, 5) is 11.1. The van der Waals surface area contributed by atoms with Gasteiger partial charge in [0.1, 0.15) is 0 Å². The van der Waals surface area contributed by atoms with Crippen molar-refractivity contribution in [3.63, 3.8) is 0 Å². The number of ether oxygens (including phenoxy) is 1. The van der Waals surface area contributed by atoms with E-state index >= 15 is 0 Å². The first-order valence-corrected chi connectivity index (χ1v) is 6.76. The molecule has 0 aliphatic carbocycles. The molecule has 0 aromatic heterocycles. The Labute approximate surface area is 110 Å². The van der Waals surface area contributed by atoms with Gasteiger partial charge < -0.3 is 14.9 Å². The fourth-order valence-corrected chi connectivity index (χ4v) is 1.54. The second-order valence-electron chi connectivity index (χ2n) is 4.36. The molecule has 2 unspecified atom stereocenters. The summed E-state index contributed by atoms with van der Waals surface area (Å²) in [6.07, 6.45) is 6.95. The minimum atomic E-state index is -0.665. The zero-order valence-electron chi connectivity index (χ0n) is 11.5. The van der Waals surface area contributed by atoms with E-state index in [4.69, 9.17) is 4.74 Å². The van der Waals surface area contributed by atoms with Crippen LogP contribution in [0.3, 0.4) is 0 Å². The monoisotopic (exact) mass is 258 g/mol. The summed E-state index contributed by atoms with van der Waals surface area (Å²) in [5.41, 5.74) is 0. The van der Waals surface area contributed by atoms with Crippen molar-refractivity contribution in [2.24, 2.45) is 0 Å². The highest BCUT2D eigenvalue weighted by atomic mass is 16.5. The molecule has 0 saturated carbocycles. The summed E-state index contributed by atoms with van der Waals surface area (Å²) in [5, 5.41) is 18.9. The topological polar surface area (TPSA) is 66.8 Å². The van der Waals surface area contributed by atoms with Crippen LogP contribution in [0.4, 0.5) is 0 Å². The van der Waals surface area contributed by atoms with Crippen LogP contribution in [0, 0.1) is 0 Å². The van der Waals surface area contributed by atoms with Gasteiger partial charge in [-0.15, -0.1) is 0 Å². The lowest BCUT2D eigenvalue weighted by Gasteiger charge is -2.07. The molecule has 0 saturated heterocycles. The number of aliphatic hydroxyl groups excluding tert-OH is 2. The van der Waals surface area contributed by atoms with Gasteiger partial charge in [0.25, 0.3) is 0 Å². The van der Waals surface area contributed by atoms with Crippen LogP contribution < -0.4 is 0 Å². The maximum Gasteiger partial charge on any atom is 0.308 e. The van der Waals surface area contributed by atoms with Crippen LogP contribution in [0.2, 0.25) is 0 Å². The molecule has 0 radical (unpaired) electrons. The van der Waals surface area contributed by atoms with Gasteiger partial charge in [-0.05, 0) is 39.0 Å². The van der Waals surface area contributed by atoms with Crippen LogP contribution in [0.1, 0.15) is 52.4 Å². The fourth-order valence-electron chi connectivity index (χ4n) is 1.54. The maximum atomic E-state index is 11.1. The molecule has 0 fully saturated rings. The Morgan fingerprint density at radius 1 is 1.22 bits per heavy atom. The fraction of sp³-hybridized carbons (Fsp3) is 0.786. The Balaban J connectivity index is 3.53. The van der Waals surface area contributed by atoms with Crippen LogP contribution in [0.5, 0.6) is 0 Å². The standard InChI is InChI=1S/C14H26O4/c1-3-12(15)9-7-5-6-8-10-13(16)11-14(17)18-4-2/h6,8,12-13,15-16H,3-5,7,9-11H2,1-2H3/b8-6-. The number of carbonyl (C=O) groups excluding carboxylic acids is 1. The quantitative estimate of drug-likeness (QED) is 0.358. The van der Waals surface area contributed by atoms with E-state index in [2.05, 4.69) is 0 Å². The number of hydrogen-bond acceptors (Lipinski definition) is 4. The van der Waals surface area contributed by atoms with Gasteiger partial charge in [0, 0.05) is 0 Å². The molecule has 0 rings (SSSR count). The van der Waals surface area contributed by atoms with Gasteiger partial charge >= 0.3 is 5.97 Å². The number of esters is 1. The van der Waals surface area contributed by atoms with Crippen molar-refractivity contribution in [3.8, 4) is 0 Å². The molecule has 2 atom stereocenters. The van der Waals surface area contributed by atoms with Crippen molar-refractivity contribution in [3.05, 3.63) is 12.2 Å². The van der Waals surface area contributed by atoms with Crippen LogP contribution in [0.15, 0.2) is 12.2 Å². The van der Waals surface area contributed by atoms with Crippen LogP contribution >= 0.6 is 0 Å². The highest BCUT2D eigenvalue weighted by Crippen LogP contribution is 2.06. The molecule has 18 heavy (non-hydrogen) atoms. The molecule has 0 spiro atoms. The van der Waals surface area contributed by atoms with Crippen molar-refractivity contribution >= 4 is 5.97 Å². The van der Waals surface area contributed by atoms with Crippen LogP contribution in [0.25, 0.3) is 0 Å². The molecule has 0 aromatic rings. The Hall–Kier alpha value is -0.870. The summed E-state index contributed by atoms with van der Waals surface area (Å²) in [6, 6.07) is 0. The van der Waals surface area contributed by atoms with Gasteiger partial charge in [0.05, 0.1) is 25.2 Å². The Kier molecular flexibility index (Phi) is 10.7. The van der Waals surface area contributed by atoms with Crippen molar-refractivity contribution in [1.29, 1.82) is 0 Å². The van der Waals surface area contributed by atoms with E-state index in [-0.39, 0.29) is 18.5 Å². The van der Waals surface area contributed by atoms with Crippen molar-refractivity contribution in [2.75, 3.05) is 6.61 Å². The van der Waals surface area contributed by atoms with Crippen molar-refractivity contribution in [1.82, 2.24) is 0 Å². The SMILES string of the molecule is CCOC(=O)CC(O)C/C=C\CCCC(O)CC. The molecule has 0 bridgehead atoms. The Morgan fingerprint density at radius 3 is 2.56 bits per heavy atom. The lowest BCUT2D eigenvalue weighted by Crippen LogP contribution is -2.14. The highest BCUT2D eigenvalue weighted by Gasteiger charge is 2.09. The van der Waals surface area contributed by atoms with Crippen LogP contribution in [-0.2, 0) is 9.53 Å². The summed E-state index contributed by atoms with van der Waals surface area (Å²) in [6.45, 7) is 4.06. The first kappa shape index (κ1) is 17.1. The van der Waals surface area contributed by atoms with Crippen molar-refractivity contribution in [2.45, 2.75) is 64.6 Å².